The first kappa shape index (κ1) is 15.8. The highest BCUT2D eigenvalue weighted by Gasteiger charge is 2.12. The molecule has 0 fully saturated rings. The summed E-state index contributed by atoms with van der Waals surface area (Å²) >= 11 is 0. The maximum Gasteiger partial charge on any atom is 0.253 e. The number of pyridine rings is 1. The third-order valence-corrected chi connectivity index (χ3v) is 3.97. The van der Waals surface area contributed by atoms with E-state index in [1.807, 2.05) is 42.6 Å². The number of aromatic nitrogens is 5. The van der Waals surface area contributed by atoms with Gasteiger partial charge in [-0.1, -0.05) is 12.1 Å². The molecular formula is C18H17N7O. The van der Waals surface area contributed by atoms with E-state index in [-0.39, 0.29) is 5.91 Å². The Bertz CT molecular complexity index is 1050. The predicted octanol–water partition coefficient (Wildman–Crippen LogP) is 2.56. The van der Waals surface area contributed by atoms with Gasteiger partial charge in [-0.3, -0.25) is 9.89 Å². The fourth-order valence-corrected chi connectivity index (χ4v) is 2.68. The number of carbonyl (C=O) groups is 1. The smallest absolute Gasteiger partial charge is 0.253 e. The van der Waals surface area contributed by atoms with Crippen molar-refractivity contribution >= 4 is 23.2 Å². The van der Waals surface area contributed by atoms with Crippen molar-refractivity contribution < 1.29 is 4.79 Å². The lowest BCUT2D eigenvalue weighted by molar-refractivity contribution is 0.0827. The number of benzene rings is 1. The van der Waals surface area contributed by atoms with Gasteiger partial charge in [-0.2, -0.15) is 10.1 Å². The number of H-pyrrole nitrogens is 1. The Labute approximate surface area is 149 Å². The van der Waals surface area contributed by atoms with E-state index < -0.39 is 0 Å². The van der Waals surface area contributed by atoms with E-state index >= 15 is 0 Å². The average molecular weight is 347 g/mol. The maximum absolute atomic E-state index is 12.0. The zero-order valence-electron chi connectivity index (χ0n) is 14.3. The molecule has 0 aliphatic heterocycles. The molecule has 26 heavy (non-hydrogen) atoms. The van der Waals surface area contributed by atoms with Crippen molar-refractivity contribution in [3.05, 3.63) is 60.6 Å². The molecule has 0 unspecified atom stereocenters. The first-order valence-electron chi connectivity index (χ1n) is 8.05. The summed E-state index contributed by atoms with van der Waals surface area (Å²) in [7, 11) is 3.48. The molecular weight excluding hydrogens is 330 g/mol. The monoisotopic (exact) mass is 347 g/mol. The highest BCUT2D eigenvalue weighted by Crippen LogP contribution is 2.25. The lowest BCUT2D eigenvalue weighted by Gasteiger charge is -2.10. The summed E-state index contributed by atoms with van der Waals surface area (Å²) < 4.78 is 1.72. The summed E-state index contributed by atoms with van der Waals surface area (Å²) in [6.07, 6.45) is 5.23. The largest absolute Gasteiger partial charge is 0.345 e. The van der Waals surface area contributed by atoms with Gasteiger partial charge in [0.05, 0.1) is 11.9 Å². The van der Waals surface area contributed by atoms with Crippen LogP contribution in [0.2, 0.25) is 0 Å². The zero-order valence-corrected chi connectivity index (χ0v) is 14.3. The molecule has 0 saturated carbocycles. The molecule has 130 valence electrons. The van der Waals surface area contributed by atoms with Crippen LogP contribution in [0.5, 0.6) is 0 Å². The molecule has 0 aliphatic carbocycles. The van der Waals surface area contributed by atoms with Crippen LogP contribution in [0.15, 0.2) is 55.0 Å². The fraction of sp³-hybridized carbons (Fsp3) is 0.111. The Balaban J connectivity index is 1.70. The summed E-state index contributed by atoms with van der Waals surface area (Å²) in [5.41, 5.74) is 4.06. The van der Waals surface area contributed by atoms with Crippen LogP contribution in [0.25, 0.3) is 16.8 Å². The van der Waals surface area contributed by atoms with Crippen molar-refractivity contribution in [1.82, 2.24) is 29.7 Å². The van der Waals surface area contributed by atoms with Crippen LogP contribution in [-0.2, 0) is 0 Å². The van der Waals surface area contributed by atoms with Gasteiger partial charge in [0.1, 0.15) is 0 Å². The average Bonchev–Trinajstić information content (AvgIpc) is 3.30. The normalized spacial score (nSPS) is 10.8. The van der Waals surface area contributed by atoms with Gasteiger partial charge in [0.2, 0.25) is 5.95 Å². The minimum absolute atomic E-state index is 0.0242. The summed E-state index contributed by atoms with van der Waals surface area (Å²) in [5.74, 6) is 0.460. The van der Waals surface area contributed by atoms with E-state index in [0.29, 0.717) is 11.5 Å². The van der Waals surface area contributed by atoms with Crippen molar-refractivity contribution in [1.29, 1.82) is 0 Å². The third kappa shape index (κ3) is 2.88. The van der Waals surface area contributed by atoms with E-state index in [1.54, 1.807) is 35.9 Å². The van der Waals surface area contributed by atoms with Gasteiger partial charge in [-0.05, 0) is 29.8 Å². The standard InChI is InChI=1S/C18H17N7O/c1-24(2)17(26)13-7-5-12(6-8-13)15-4-3-9-25-16(15)22-18(23-25)21-14-10-19-20-11-14/h3-11H,1-2H3,(H,19,20)(H,21,23). The lowest BCUT2D eigenvalue weighted by Crippen LogP contribution is -2.21. The van der Waals surface area contributed by atoms with Gasteiger partial charge in [0.25, 0.3) is 5.91 Å². The molecule has 3 aromatic heterocycles. The van der Waals surface area contributed by atoms with Crippen LogP contribution < -0.4 is 5.32 Å². The maximum atomic E-state index is 12.0. The van der Waals surface area contributed by atoms with Crippen molar-refractivity contribution in [2.24, 2.45) is 0 Å². The summed E-state index contributed by atoms with van der Waals surface area (Å²) in [6, 6.07) is 11.4. The van der Waals surface area contributed by atoms with Crippen molar-refractivity contribution in [3.8, 4) is 11.1 Å². The van der Waals surface area contributed by atoms with Crippen molar-refractivity contribution in [3.63, 3.8) is 0 Å². The van der Waals surface area contributed by atoms with Gasteiger partial charge in [-0.15, -0.1) is 5.10 Å². The Kier molecular flexibility index (Phi) is 3.85. The second-order valence-electron chi connectivity index (χ2n) is 6.01. The quantitative estimate of drug-likeness (QED) is 0.592. The topological polar surface area (TPSA) is 91.2 Å². The first-order chi connectivity index (χ1) is 12.6. The number of amides is 1. The van der Waals surface area contributed by atoms with Crippen LogP contribution in [0.4, 0.5) is 11.6 Å². The number of fused-ring (bicyclic) bond motifs is 1. The first-order valence-corrected chi connectivity index (χ1v) is 8.05. The van der Waals surface area contributed by atoms with E-state index in [4.69, 9.17) is 0 Å². The number of hydrogen-bond acceptors (Lipinski definition) is 5. The molecule has 0 aliphatic rings. The Hall–Kier alpha value is -3.68. The van der Waals surface area contributed by atoms with Crippen LogP contribution in [0, 0.1) is 0 Å². The number of nitrogens with one attached hydrogen (secondary N) is 2. The highest BCUT2D eigenvalue weighted by atomic mass is 16.2. The molecule has 8 nitrogen and oxygen atoms in total. The molecule has 1 aromatic carbocycles. The lowest BCUT2D eigenvalue weighted by atomic mass is 10.0. The minimum atomic E-state index is -0.0242. The summed E-state index contributed by atoms with van der Waals surface area (Å²) in [5, 5.41) is 14.2. The zero-order chi connectivity index (χ0) is 18.1. The fourth-order valence-electron chi connectivity index (χ4n) is 2.68. The van der Waals surface area contributed by atoms with E-state index in [9.17, 15) is 4.79 Å². The second kappa shape index (κ2) is 6.32. The van der Waals surface area contributed by atoms with E-state index in [0.717, 1.165) is 22.5 Å². The number of hydrogen-bond donors (Lipinski definition) is 2. The molecule has 0 atom stereocenters. The number of rotatable bonds is 4. The molecule has 0 radical (unpaired) electrons. The number of nitrogens with zero attached hydrogens (tertiary/aromatic N) is 5. The molecule has 4 aromatic rings. The minimum Gasteiger partial charge on any atom is -0.345 e. The van der Waals surface area contributed by atoms with E-state index in [1.165, 1.54) is 0 Å². The van der Waals surface area contributed by atoms with Gasteiger partial charge < -0.3 is 10.2 Å². The molecule has 0 saturated heterocycles. The van der Waals surface area contributed by atoms with Crippen molar-refractivity contribution in [2.75, 3.05) is 19.4 Å². The predicted molar refractivity (Wildman–Crippen MR) is 98.3 cm³/mol. The molecule has 0 spiro atoms. The van der Waals surface area contributed by atoms with Crippen LogP contribution >= 0.6 is 0 Å². The number of carbonyl (C=O) groups excluding carboxylic acids is 1. The van der Waals surface area contributed by atoms with Gasteiger partial charge in [0.15, 0.2) is 5.65 Å². The highest BCUT2D eigenvalue weighted by molar-refractivity contribution is 5.94. The molecule has 8 heteroatoms. The SMILES string of the molecule is CN(C)C(=O)c1ccc(-c2cccn3nc(Nc4cn[nH]c4)nc23)cc1. The Morgan fingerprint density at radius 2 is 2.00 bits per heavy atom. The Morgan fingerprint density at radius 3 is 2.69 bits per heavy atom. The number of aromatic amines is 1. The molecule has 0 bridgehead atoms. The van der Waals surface area contributed by atoms with Crippen LogP contribution in [0.3, 0.4) is 0 Å². The summed E-state index contributed by atoms with van der Waals surface area (Å²) in [4.78, 5) is 18.2. The Morgan fingerprint density at radius 1 is 1.19 bits per heavy atom. The number of anilines is 2. The van der Waals surface area contributed by atoms with Crippen LogP contribution in [0.1, 0.15) is 10.4 Å². The van der Waals surface area contributed by atoms with Crippen molar-refractivity contribution in [2.45, 2.75) is 0 Å². The van der Waals surface area contributed by atoms with Gasteiger partial charge in [-0.25, -0.2) is 4.52 Å². The van der Waals surface area contributed by atoms with Crippen LogP contribution in [-0.4, -0.2) is 49.7 Å². The molecule has 4 rings (SSSR count). The van der Waals surface area contributed by atoms with Gasteiger partial charge >= 0.3 is 0 Å². The summed E-state index contributed by atoms with van der Waals surface area (Å²) in [6.45, 7) is 0. The second-order valence-corrected chi connectivity index (χ2v) is 6.01. The molecule has 1 amide bonds. The van der Waals surface area contributed by atoms with E-state index in [2.05, 4.69) is 25.6 Å². The molecule has 3 heterocycles. The third-order valence-electron chi connectivity index (χ3n) is 3.97. The van der Waals surface area contributed by atoms with Gasteiger partial charge in [0, 0.05) is 37.6 Å². The molecule has 2 N–H and O–H groups in total.